The van der Waals surface area contributed by atoms with Crippen LogP contribution >= 0.6 is 0 Å². The molecule has 102 valence electrons. The summed E-state index contributed by atoms with van der Waals surface area (Å²) in [6.07, 6.45) is 6.28. The van der Waals surface area contributed by atoms with Gasteiger partial charge in [0.05, 0.1) is 7.11 Å². The van der Waals surface area contributed by atoms with Gasteiger partial charge in [0, 0.05) is 5.56 Å². The van der Waals surface area contributed by atoms with Crippen LogP contribution < -0.4 is 4.74 Å². The van der Waals surface area contributed by atoms with E-state index in [0.29, 0.717) is 12.2 Å². The van der Waals surface area contributed by atoms with Crippen LogP contribution in [0, 0.1) is 0 Å². The quantitative estimate of drug-likeness (QED) is 0.646. The van der Waals surface area contributed by atoms with E-state index in [1.54, 1.807) is 19.3 Å². The molecule has 0 unspecified atom stereocenters. The van der Waals surface area contributed by atoms with Crippen molar-refractivity contribution in [3.63, 3.8) is 0 Å². The zero-order chi connectivity index (χ0) is 14.4. The maximum atomic E-state index is 10.1. The monoisotopic (exact) mass is 266 g/mol. The van der Waals surface area contributed by atoms with Crippen LogP contribution in [0.2, 0.25) is 0 Å². The van der Waals surface area contributed by atoms with Crippen LogP contribution in [0.5, 0.6) is 11.5 Å². The van der Waals surface area contributed by atoms with Gasteiger partial charge in [-0.15, -0.1) is 6.58 Å². The molecule has 0 amide bonds. The highest BCUT2D eigenvalue weighted by atomic mass is 16.5. The summed E-state index contributed by atoms with van der Waals surface area (Å²) < 4.78 is 5.33. The van der Waals surface area contributed by atoms with E-state index >= 15 is 0 Å². The van der Waals surface area contributed by atoms with Crippen LogP contribution in [0.1, 0.15) is 16.7 Å². The first-order valence-electron chi connectivity index (χ1n) is 6.48. The maximum absolute atomic E-state index is 10.1. The molecular weight excluding hydrogens is 248 g/mol. The summed E-state index contributed by atoms with van der Waals surface area (Å²) >= 11 is 0. The second-order valence-corrected chi connectivity index (χ2v) is 4.46. The number of aromatic hydroxyl groups is 1. The van der Waals surface area contributed by atoms with Gasteiger partial charge in [0.25, 0.3) is 0 Å². The van der Waals surface area contributed by atoms with Gasteiger partial charge in [-0.3, -0.25) is 0 Å². The van der Waals surface area contributed by atoms with Crippen LogP contribution in [0.4, 0.5) is 0 Å². The fourth-order valence-electron chi connectivity index (χ4n) is 2.04. The number of benzene rings is 2. The Morgan fingerprint density at radius 3 is 2.45 bits per heavy atom. The lowest BCUT2D eigenvalue weighted by Gasteiger charge is -2.10. The van der Waals surface area contributed by atoms with Crippen molar-refractivity contribution >= 4 is 12.2 Å². The Labute approximate surface area is 119 Å². The van der Waals surface area contributed by atoms with Crippen molar-refractivity contribution in [2.75, 3.05) is 7.11 Å². The Kier molecular flexibility index (Phi) is 4.61. The minimum absolute atomic E-state index is 0.233. The Morgan fingerprint density at radius 2 is 1.80 bits per heavy atom. The molecule has 2 rings (SSSR count). The van der Waals surface area contributed by atoms with Crippen LogP contribution in [0.3, 0.4) is 0 Å². The van der Waals surface area contributed by atoms with Crippen molar-refractivity contribution in [3.05, 3.63) is 71.8 Å². The molecule has 0 saturated heterocycles. The standard InChI is InChI=1S/C18H18O2/c1-3-7-16-17(19)12-15(13-18(16)20-2)11-10-14-8-5-4-6-9-14/h3-6,8-13,19H,1,7H2,2H3. The van der Waals surface area contributed by atoms with Gasteiger partial charge >= 0.3 is 0 Å². The molecule has 0 spiro atoms. The van der Waals surface area contributed by atoms with Crippen molar-refractivity contribution < 1.29 is 9.84 Å². The summed E-state index contributed by atoms with van der Waals surface area (Å²) in [7, 11) is 1.60. The van der Waals surface area contributed by atoms with Gasteiger partial charge in [-0.2, -0.15) is 0 Å². The predicted octanol–water partition coefficient (Wildman–Crippen LogP) is 4.30. The molecule has 1 N–H and O–H groups in total. The molecule has 0 aliphatic heterocycles. The van der Waals surface area contributed by atoms with E-state index in [2.05, 4.69) is 6.58 Å². The molecule has 0 saturated carbocycles. The van der Waals surface area contributed by atoms with E-state index in [1.165, 1.54) is 0 Å². The smallest absolute Gasteiger partial charge is 0.126 e. The number of allylic oxidation sites excluding steroid dienone is 1. The minimum Gasteiger partial charge on any atom is -0.507 e. The Bertz CT molecular complexity index is 613. The Hall–Kier alpha value is -2.48. The van der Waals surface area contributed by atoms with Crippen molar-refractivity contribution in [3.8, 4) is 11.5 Å². The van der Waals surface area contributed by atoms with Gasteiger partial charge in [0.1, 0.15) is 11.5 Å². The summed E-state index contributed by atoms with van der Waals surface area (Å²) in [5.74, 6) is 0.912. The number of methoxy groups -OCH3 is 1. The van der Waals surface area contributed by atoms with E-state index in [-0.39, 0.29) is 5.75 Å². The lowest BCUT2D eigenvalue weighted by Crippen LogP contribution is -1.92. The topological polar surface area (TPSA) is 29.5 Å². The van der Waals surface area contributed by atoms with Crippen molar-refractivity contribution in [1.29, 1.82) is 0 Å². The van der Waals surface area contributed by atoms with Gasteiger partial charge in [-0.25, -0.2) is 0 Å². The first kappa shape index (κ1) is 13.9. The highest BCUT2D eigenvalue weighted by Gasteiger charge is 2.08. The molecule has 0 bridgehead atoms. The zero-order valence-electron chi connectivity index (χ0n) is 11.5. The summed E-state index contributed by atoms with van der Waals surface area (Å²) in [5.41, 5.74) is 2.77. The largest absolute Gasteiger partial charge is 0.507 e. The van der Waals surface area contributed by atoms with Crippen LogP contribution in [0.25, 0.3) is 12.2 Å². The molecule has 0 atom stereocenters. The molecule has 0 aliphatic carbocycles. The van der Waals surface area contributed by atoms with Gasteiger partial charge in [0.2, 0.25) is 0 Å². The molecule has 2 aromatic carbocycles. The van der Waals surface area contributed by atoms with Gasteiger partial charge < -0.3 is 9.84 Å². The summed E-state index contributed by atoms with van der Waals surface area (Å²) in [5, 5.41) is 10.1. The second-order valence-electron chi connectivity index (χ2n) is 4.46. The molecule has 2 nitrogen and oxygen atoms in total. The fraction of sp³-hybridized carbons (Fsp3) is 0.111. The van der Waals surface area contributed by atoms with E-state index in [4.69, 9.17) is 4.74 Å². The normalized spacial score (nSPS) is 10.7. The SMILES string of the molecule is C=CCc1c(O)cc(C=Cc2ccccc2)cc1OC. The summed E-state index contributed by atoms with van der Waals surface area (Å²) in [6, 6.07) is 13.7. The molecular formula is C18H18O2. The molecule has 20 heavy (non-hydrogen) atoms. The summed E-state index contributed by atoms with van der Waals surface area (Å²) in [6.45, 7) is 3.69. The minimum atomic E-state index is 0.233. The number of hydrogen-bond donors (Lipinski definition) is 1. The average molecular weight is 266 g/mol. The van der Waals surface area contributed by atoms with E-state index < -0.39 is 0 Å². The first-order valence-corrected chi connectivity index (χ1v) is 6.48. The zero-order valence-corrected chi connectivity index (χ0v) is 11.5. The molecule has 2 aromatic rings. The third-order valence-electron chi connectivity index (χ3n) is 3.04. The van der Waals surface area contributed by atoms with Gasteiger partial charge in [0.15, 0.2) is 0 Å². The van der Waals surface area contributed by atoms with Crippen LogP contribution in [0.15, 0.2) is 55.1 Å². The number of hydrogen-bond acceptors (Lipinski definition) is 2. The van der Waals surface area contributed by atoms with Crippen LogP contribution in [-0.4, -0.2) is 12.2 Å². The summed E-state index contributed by atoms with van der Waals surface area (Å²) in [4.78, 5) is 0. The number of phenolic OH excluding ortho intramolecular Hbond substituents is 1. The molecule has 0 radical (unpaired) electrons. The van der Waals surface area contributed by atoms with Crippen molar-refractivity contribution in [1.82, 2.24) is 0 Å². The third-order valence-corrected chi connectivity index (χ3v) is 3.04. The predicted molar refractivity (Wildman–Crippen MR) is 83.9 cm³/mol. The first-order chi connectivity index (χ1) is 9.74. The number of ether oxygens (including phenoxy) is 1. The van der Waals surface area contributed by atoms with Gasteiger partial charge in [-0.05, 0) is 29.7 Å². The van der Waals surface area contributed by atoms with Crippen LogP contribution in [-0.2, 0) is 6.42 Å². The maximum Gasteiger partial charge on any atom is 0.126 e. The molecule has 2 heteroatoms. The molecule has 0 heterocycles. The highest BCUT2D eigenvalue weighted by molar-refractivity contribution is 5.71. The molecule has 0 aliphatic rings. The van der Waals surface area contributed by atoms with Gasteiger partial charge in [-0.1, -0.05) is 48.6 Å². The second kappa shape index (κ2) is 6.62. The van der Waals surface area contributed by atoms with E-state index in [0.717, 1.165) is 16.7 Å². The molecule has 0 aromatic heterocycles. The number of phenols is 1. The van der Waals surface area contributed by atoms with E-state index in [9.17, 15) is 5.11 Å². The number of rotatable bonds is 5. The Balaban J connectivity index is 2.31. The van der Waals surface area contributed by atoms with Crippen molar-refractivity contribution in [2.24, 2.45) is 0 Å². The van der Waals surface area contributed by atoms with E-state index in [1.807, 2.05) is 48.6 Å². The third kappa shape index (κ3) is 3.29. The average Bonchev–Trinajstić information content (AvgIpc) is 2.48. The lowest BCUT2D eigenvalue weighted by atomic mass is 10.0. The highest BCUT2D eigenvalue weighted by Crippen LogP contribution is 2.31. The molecule has 0 fully saturated rings. The van der Waals surface area contributed by atoms with Crippen molar-refractivity contribution in [2.45, 2.75) is 6.42 Å². The lowest BCUT2D eigenvalue weighted by molar-refractivity contribution is 0.401. The Morgan fingerprint density at radius 1 is 1.10 bits per heavy atom. The fourth-order valence-corrected chi connectivity index (χ4v) is 2.04.